The van der Waals surface area contributed by atoms with Gasteiger partial charge in [0.05, 0.1) is 16.5 Å². The molecule has 1 amide bonds. The first kappa shape index (κ1) is 19.1. The average molecular weight is 375 g/mol. The summed E-state index contributed by atoms with van der Waals surface area (Å²) in [6.07, 6.45) is 7.06. The smallest absolute Gasteiger partial charge is 0.407 e. The molecule has 0 radical (unpaired) electrons. The standard InChI is InChI=1S/C19H25N3O5/c1-20(13-14-6-3-2-4-7-14)18(23)8-5-11-21-16-10-9-15(22(25)26)12-17(16)27-19(21)24/h9-10,12,14H,2-8,11,13H2,1H3. The quantitative estimate of drug-likeness (QED) is 0.546. The van der Waals surface area contributed by atoms with Gasteiger partial charge in [-0.3, -0.25) is 19.5 Å². The van der Waals surface area contributed by atoms with Crippen LogP contribution in [0.3, 0.4) is 0 Å². The molecule has 1 saturated carbocycles. The number of benzene rings is 1. The zero-order valence-electron chi connectivity index (χ0n) is 15.6. The van der Waals surface area contributed by atoms with E-state index in [-0.39, 0.29) is 17.2 Å². The van der Waals surface area contributed by atoms with Crippen molar-refractivity contribution in [1.29, 1.82) is 0 Å². The van der Waals surface area contributed by atoms with E-state index in [9.17, 15) is 19.7 Å². The lowest BCUT2D eigenvalue weighted by atomic mass is 9.89. The van der Waals surface area contributed by atoms with Gasteiger partial charge >= 0.3 is 5.76 Å². The van der Waals surface area contributed by atoms with Gasteiger partial charge in [0.2, 0.25) is 5.91 Å². The van der Waals surface area contributed by atoms with E-state index in [1.165, 1.54) is 54.9 Å². The maximum atomic E-state index is 12.4. The van der Waals surface area contributed by atoms with Crippen molar-refractivity contribution in [3.8, 4) is 0 Å². The number of carbonyl (C=O) groups excluding carboxylic acids is 1. The van der Waals surface area contributed by atoms with Crippen LogP contribution in [0.1, 0.15) is 44.9 Å². The largest absolute Gasteiger partial charge is 0.419 e. The molecule has 1 heterocycles. The van der Waals surface area contributed by atoms with Gasteiger partial charge in [-0.05, 0) is 31.2 Å². The van der Waals surface area contributed by atoms with Crippen molar-refractivity contribution in [2.24, 2.45) is 5.92 Å². The number of non-ortho nitro benzene ring substituents is 1. The number of nitro benzene ring substituents is 1. The molecule has 1 fully saturated rings. The topological polar surface area (TPSA) is 98.6 Å². The van der Waals surface area contributed by atoms with Crippen molar-refractivity contribution in [2.75, 3.05) is 13.6 Å². The number of amides is 1. The Morgan fingerprint density at radius 3 is 2.78 bits per heavy atom. The van der Waals surface area contributed by atoms with Crippen molar-refractivity contribution in [3.63, 3.8) is 0 Å². The SMILES string of the molecule is CN(CC1CCCCC1)C(=O)CCCn1c(=O)oc2cc([N+](=O)[O-])ccc21. The van der Waals surface area contributed by atoms with Crippen molar-refractivity contribution < 1.29 is 14.1 Å². The van der Waals surface area contributed by atoms with E-state index in [4.69, 9.17) is 4.42 Å². The summed E-state index contributed by atoms with van der Waals surface area (Å²) in [6.45, 7) is 1.14. The summed E-state index contributed by atoms with van der Waals surface area (Å²) < 4.78 is 6.53. The number of hydrogen-bond acceptors (Lipinski definition) is 5. The third-order valence-electron chi connectivity index (χ3n) is 5.32. The van der Waals surface area contributed by atoms with Crippen LogP contribution in [0.15, 0.2) is 27.4 Å². The zero-order chi connectivity index (χ0) is 19.4. The van der Waals surface area contributed by atoms with Crippen LogP contribution in [-0.2, 0) is 11.3 Å². The van der Waals surface area contributed by atoms with E-state index in [0.717, 1.165) is 6.54 Å². The summed E-state index contributed by atoms with van der Waals surface area (Å²) in [5, 5.41) is 10.8. The molecule has 0 atom stereocenters. The number of nitrogens with zero attached hydrogens (tertiary/aromatic N) is 3. The predicted molar refractivity (Wildman–Crippen MR) is 101 cm³/mol. The minimum absolute atomic E-state index is 0.0806. The Kier molecular flexibility index (Phi) is 5.93. The highest BCUT2D eigenvalue weighted by Gasteiger charge is 2.19. The van der Waals surface area contributed by atoms with E-state index >= 15 is 0 Å². The number of aromatic nitrogens is 1. The fourth-order valence-electron chi connectivity index (χ4n) is 3.82. The number of oxazole rings is 1. The average Bonchev–Trinajstić information content (AvgIpc) is 2.97. The summed E-state index contributed by atoms with van der Waals surface area (Å²) in [5.41, 5.74) is 0.575. The number of carbonyl (C=O) groups is 1. The fourth-order valence-corrected chi connectivity index (χ4v) is 3.82. The third kappa shape index (κ3) is 4.56. The van der Waals surface area contributed by atoms with Crippen molar-refractivity contribution in [1.82, 2.24) is 9.47 Å². The minimum atomic E-state index is -0.562. The van der Waals surface area contributed by atoms with E-state index in [1.807, 2.05) is 7.05 Å². The second-order valence-corrected chi connectivity index (χ2v) is 7.31. The van der Waals surface area contributed by atoms with Crippen LogP contribution in [0.4, 0.5) is 5.69 Å². The molecule has 3 rings (SSSR count). The summed E-state index contributed by atoms with van der Waals surface area (Å²) in [6, 6.07) is 4.10. The lowest BCUT2D eigenvalue weighted by Crippen LogP contribution is -2.32. The minimum Gasteiger partial charge on any atom is -0.407 e. The molecular formula is C19H25N3O5. The molecule has 146 valence electrons. The highest BCUT2D eigenvalue weighted by atomic mass is 16.6. The Bertz CT molecular complexity index is 879. The van der Waals surface area contributed by atoms with Crippen molar-refractivity contribution >= 4 is 22.7 Å². The van der Waals surface area contributed by atoms with Gasteiger partial charge in [-0.25, -0.2) is 4.79 Å². The molecule has 0 unspecified atom stereocenters. The summed E-state index contributed by atoms with van der Waals surface area (Å²) in [4.78, 5) is 36.5. The number of nitro groups is 1. The van der Waals surface area contributed by atoms with Gasteiger partial charge in [-0.2, -0.15) is 0 Å². The van der Waals surface area contributed by atoms with E-state index in [1.54, 1.807) is 4.90 Å². The lowest BCUT2D eigenvalue weighted by molar-refractivity contribution is -0.384. The highest BCUT2D eigenvalue weighted by Crippen LogP contribution is 2.24. The summed E-state index contributed by atoms with van der Waals surface area (Å²) >= 11 is 0. The molecule has 1 aliphatic carbocycles. The summed E-state index contributed by atoms with van der Waals surface area (Å²) in [5.74, 6) is 0.120. The first-order chi connectivity index (χ1) is 13.0. The van der Waals surface area contributed by atoms with Crippen molar-refractivity contribution in [2.45, 2.75) is 51.5 Å². The molecule has 1 aromatic heterocycles. The van der Waals surface area contributed by atoms with Crippen LogP contribution in [0.25, 0.3) is 11.1 Å². The molecule has 0 N–H and O–H groups in total. The van der Waals surface area contributed by atoms with Crippen LogP contribution in [-0.4, -0.2) is 33.9 Å². The number of fused-ring (bicyclic) bond motifs is 1. The molecule has 1 aromatic carbocycles. The van der Waals surface area contributed by atoms with Crippen LogP contribution in [0.2, 0.25) is 0 Å². The Morgan fingerprint density at radius 2 is 2.07 bits per heavy atom. The first-order valence-electron chi connectivity index (χ1n) is 9.47. The van der Waals surface area contributed by atoms with Crippen LogP contribution >= 0.6 is 0 Å². The predicted octanol–water partition coefficient (Wildman–Crippen LogP) is 3.32. The van der Waals surface area contributed by atoms with Crippen LogP contribution in [0.5, 0.6) is 0 Å². The van der Waals surface area contributed by atoms with Crippen molar-refractivity contribution in [3.05, 3.63) is 38.9 Å². The van der Waals surface area contributed by atoms with Gasteiger partial charge in [-0.1, -0.05) is 19.3 Å². The maximum absolute atomic E-state index is 12.4. The summed E-state index contributed by atoms with van der Waals surface area (Å²) in [7, 11) is 1.84. The first-order valence-corrected chi connectivity index (χ1v) is 9.47. The second-order valence-electron chi connectivity index (χ2n) is 7.31. The number of aryl methyl sites for hydroxylation is 1. The highest BCUT2D eigenvalue weighted by molar-refractivity contribution is 5.76. The van der Waals surface area contributed by atoms with Gasteiger partial charge in [-0.15, -0.1) is 0 Å². The zero-order valence-corrected chi connectivity index (χ0v) is 15.6. The van der Waals surface area contributed by atoms with Crippen LogP contribution in [0, 0.1) is 16.0 Å². The van der Waals surface area contributed by atoms with Crippen LogP contribution < -0.4 is 5.76 Å². The van der Waals surface area contributed by atoms with Gasteiger partial charge in [0.15, 0.2) is 5.58 Å². The van der Waals surface area contributed by atoms with E-state index in [0.29, 0.717) is 30.8 Å². The lowest BCUT2D eigenvalue weighted by Gasteiger charge is -2.27. The monoisotopic (exact) mass is 375 g/mol. The van der Waals surface area contributed by atoms with Gasteiger partial charge in [0, 0.05) is 32.6 Å². The number of hydrogen-bond donors (Lipinski definition) is 0. The Balaban J connectivity index is 1.56. The fraction of sp³-hybridized carbons (Fsp3) is 0.579. The third-order valence-corrected chi connectivity index (χ3v) is 5.32. The second kappa shape index (κ2) is 8.37. The molecule has 2 aromatic rings. The maximum Gasteiger partial charge on any atom is 0.419 e. The molecule has 0 spiro atoms. The molecule has 0 saturated heterocycles. The molecule has 0 aliphatic heterocycles. The molecule has 8 nitrogen and oxygen atoms in total. The van der Waals surface area contributed by atoms with E-state index in [2.05, 4.69) is 0 Å². The van der Waals surface area contributed by atoms with E-state index < -0.39 is 10.7 Å². The molecule has 8 heteroatoms. The Hall–Kier alpha value is -2.64. The normalized spacial score (nSPS) is 15.1. The molecule has 0 bridgehead atoms. The molecular weight excluding hydrogens is 350 g/mol. The van der Waals surface area contributed by atoms with Gasteiger partial charge in [0.1, 0.15) is 0 Å². The van der Waals surface area contributed by atoms with Gasteiger partial charge < -0.3 is 9.32 Å². The molecule has 1 aliphatic rings. The molecule has 27 heavy (non-hydrogen) atoms. The Labute approximate surface area is 156 Å². The van der Waals surface area contributed by atoms with Gasteiger partial charge in [0.25, 0.3) is 5.69 Å². The Morgan fingerprint density at radius 1 is 1.33 bits per heavy atom. The number of rotatable bonds is 7.